The zero-order chi connectivity index (χ0) is 13.9. The van der Waals surface area contributed by atoms with E-state index in [2.05, 4.69) is 19.2 Å². The van der Waals surface area contributed by atoms with Crippen LogP contribution in [0.25, 0.3) is 0 Å². The van der Waals surface area contributed by atoms with Crippen molar-refractivity contribution in [3.05, 3.63) is 0 Å². The van der Waals surface area contributed by atoms with E-state index < -0.39 is 0 Å². The van der Waals surface area contributed by atoms with Gasteiger partial charge in [0.05, 0.1) is 0 Å². The summed E-state index contributed by atoms with van der Waals surface area (Å²) in [7, 11) is 0. The minimum absolute atomic E-state index is 0.869. The first kappa shape index (κ1) is 14.8. The van der Waals surface area contributed by atoms with Gasteiger partial charge in [-0.1, -0.05) is 13.8 Å². The fourth-order valence-electron chi connectivity index (χ4n) is 4.49. The third kappa shape index (κ3) is 3.76. The summed E-state index contributed by atoms with van der Waals surface area (Å²) in [4.78, 5) is 0. The van der Waals surface area contributed by atoms with E-state index in [0.717, 1.165) is 48.8 Å². The van der Waals surface area contributed by atoms with Crippen LogP contribution < -0.4 is 5.32 Å². The molecular weight excluding hydrogens is 246 g/mol. The maximum Gasteiger partial charge on any atom is 0.0468 e. The molecule has 3 aliphatic rings. The summed E-state index contributed by atoms with van der Waals surface area (Å²) in [6.45, 7) is 8.16. The highest BCUT2D eigenvalue weighted by atomic mass is 16.5. The molecule has 3 atom stereocenters. The summed E-state index contributed by atoms with van der Waals surface area (Å²) in [5, 5.41) is 3.81. The fourth-order valence-corrected chi connectivity index (χ4v) is 4.49. The third-order valence-electron chi connectivity index (χ3n) is 6.15. The molecule has 1 heterocycles. The second-order valence-electron chi connectivity index (χ2n) is 7.87. The average molecular weight is 279 g/mol. The topological polar surface area (TPSA) is 21.3 Å². The van der Waals surface area contributed by atoms with E-state index in [1.807, 2.05) is 0 Å². The molecule has 20 heavy (non-hydrogen) atoms. The first-order chi connectivity index (χ1) is 9.74. The molecule has 0 bridgehead atoms. The van der Waals surface area contributed by atoms with E-state index in [1.54, 1.807) is 0 Å². The lowest BCUT2D eigenvalue weighted by Crippen LogP contribution is -2.40. The van der Waals surface area contributed by atoms with Gasteiger partial charge in [0, 0.05) is 19.3 Å². The maximum absolute atomic E-state index is 5.59. The van der Waals surface area contributed by atoms with Crippen LogP contribution in [0.1, 0.15) is 58.8 Å². The summed E-state index contributed by atoms with van der Waals surface area (Å²) in [6.07, 6.45) is 9.88. The predicted octanol–water partition coefficient (Wildman–Crippen LogP) is 3.85. The van der Waals surface area contributed by atoms with Crippen LogP contribution in [0.3, 0.4) is 0 Å². The molecule has 0 aromatic rings. The van der Waals surface area contributed by atoms with Crippen molar-refractivity contribution in [1.82, 2.24) is 5.32 Å². The summed E-state index contributed by atoms with van der Waals surface area (Å²) in [5.74, 6) is 4.69. The van der Waals surface area contributed by atoms with Crippen molar-refractivity contribution in [2.45, 2.75) is 64.8 Å². The van der Waals surface area contributed by atoms with Crippen LogP contribution >= 0.6 is 0 Å². The van der Waals surface area contributed by atoms with E-state index in [9.17, 15) is 0 Å². The molecule has 3 unspecified atom stereocenters. The van der Waals surface area contributed by atoms with Crippen molar-refractivity contribution in [2.75, 3.05) is 19.8 Å². The van der Waals surface area contributed by atoms with Crippen LogP contribution in [0.5, 0.6) is 0 Å². The number of ether oxygens (including phenoxy) is 1. The van der Waals surface area contributed by atoms with Crippen LogP contribution in [-0.2, 0) is 4.74 Å². The summed E-state index contributed by atoms with van der Waals surface area (Å²) < 4.78 is 5.59. The first-order valence-electron chi connectivity index (χ1n) is 9.05. The number of hydrogen-bond acceptors (Lipinski definition) is 2. The largest absolute Gasteiger partial charge is 0.381 e. The number of rotatable bonds is 5. The van der Waals surface area contributed by atoms with Crippen LogP contribution in [0, 0.1) is 29.6 Å². The quantitative estimate of drug-likeness (QED) is 0.825. The van der Waals surface area contributed by atoms with Crippen molar-refractivity contribution in [2.24, 2.45) is 29.6 Å². The smallest absolute Gasteiger partial charge is 0.0468 e. The first-order valence-corrected chi connectivity index (χ1v) is 9.05. The highest BCUT2D eigenvalue weighted by Crippen LogP contribution is 2.43. The maximum atomic E-state index is 5.59. The van der Waals surface area contributed by atoms with Crippen LogP contribution in [0.2, 0.25) is 0 Å². The van der Waals surface area contributed by atoms with Gasteiger partial charge in [-0.05, 0) is 81.1 Å². The Morgan fingerprint density at radius 3 is 2.40 bits per heavy atom. The van der Waals surface area contributed by atoms with E-state index in [0.29, 0.717) is 0 Å². The van der Waals surface area contributed by atoms with Crippen molar-refractivity contribution < 1.29 is 4.74 Å². The molecule has 1 N–H and O–H groups in total. The standard InChI is InChI=1S/C18H33NO/c1-13(2)15-3-4-16(12-19-17-5-6-17)18(11-15)14-7-9-20-10-8-14/h13-19H,3-12H2,1-2H3. The molecule has 3 fully saturated rings. The Hall–Kier alpha value is -0.0800. The highest BCUT2D eigenvalue weighted by Gasteiger charge is 2.37. The van der Waals surface area contributed by atoms with Gasteiger partial charge in [0.2, 0.25) is 0 Å². The fraction of sp³-hybridized carbons (Fsp3) is 1.00. The number of nitrogens with one attached hydrogen (secondary N) is 1. The molecule has 2 aliphatic carbocycles. The van der Waals surface area contributed by atoms with Gasteiger partial charge >= 0.3 is 0 Å². The molecule has 2 saturated carbocycles. The Kier molecular flexibility index (Phi) is 5.04. The second-order valence-corrected chi connectivity index (χ2v) is 7.87. The Labute approximate surface area is 125 Å². The molecule has 0 aromatic heterocycles. The molecule has 0 spiro atoms. The lowest BCUT2D eigenvalue weighted by molar-refractivity contribution is 0.00951. The van der Waals surface area contributed by atoms with E-state index in [-0.39, 0.29) is 0 Å². The highest BCUT2D eigenvalue weighted by molar-refractivity contribution is 4.89. The van der Waals surface area contributed by atoms with Gasteiger partial charge in [-0.25, -0.2) is 0 Å². The molecule has 2 nitrogen and oxygen atoms in total. The third-order valence-corrected chi connectivity index (χ3v) is 6.15. The Morgan fingerprint density at radius 2 is 1.75 bits per heavy atom. The zero-order valence-corrected chi connectivity index (χ0v) is 13.4. The summed E-state index contributed by atoms with van der Waals surface area (Å²) in [6, 6.07) is 0.869. The zero-order valence-electron chi connectivity index (χ0n) is 13.4. The van der Waals surface area contributed by atoms with Crippen molar-refractivity contribution in [3.8, 4) is 0 Å². The number of hydrogen-bond donors (Lipinski definition) is 1. The van der Waals surface area contributed by atoms with Gasteiger partial charge in [0.1, 0.15) is 0 Å². The van der Waals surface area contributed by atoms with Gasteiger partial charge in [-0.15, -0.1) is 0 Å². The average Bonchev–Trinajstić information content (AvgIpc) is 3.30. The summed E-state index contributed by atoms with van der Waals surface area (Å²) >= 11 is 0. The lowest BCUT2D eigenvalue weighted by atomic mass is 9.64. The van der Waals surface area contributed by atoms with E-state index in [4.69, 9.17) is 4.74 Å². The SMILES string of the molecule is CC(C)C1CCC(CNC2CC2)C(C2CCOCC2)C1. The summed E-state index contributed by atoms with van der Waals surface area (Å²) in [5.41, 5.74) is 0. The Morgan fingerprint density at radius 1 is 1.00 bits per heavy atom. The second kappa shape index (κ2) is 6.79. The van der Waals surface area contributed by atoms with Gasteiger partial charge in [-0.3, -0.25) is 0 Å². The lowest BCUT2D eigenvalue weighted by Gasteiger charge is -2.43. The predicted molar refractivity (Wildman–Crippen MR) is 83.7 cm³/mol. The molecule has 1 aliphatic heterocycles. The Bertz CT molecular complexity index is 294. The van der Waals surface area contributed by atoms with Gasteiger partial charge < -0.3 is 10.1 Å². The molecule has 1 saturated heterocycles. The molecule has 2 heteroatoms. The minimum Gasteiger partial charge on any atom is -0.381 e. The van der Waals surface area contributed by atoms with Crippen molar-refractivity contribution in [3.63, 3.8) is 0 Å². The molecule has 3 rings (SSSR count). The molecular formula is C18H33NO. The van der Waals surface area contributed by atoms with E-state index in [1.165, 1.54) is 51.5 Å². The monoisotopic (exact) mass is 279 g/mol. The van der Waals surface area contributed by atoms with Crippen LogP contribution in [0.15, 0.2) is 0 Å². The normalized spacial score (nSPS) is 36.5. The van der Waals surface area contributed by atoms with Gasteiger partial charge in [-0.2, -0.15) is 0 Å². The molecule has 0 amide bonds. The molecule has 116 valence electrons. The van der Waals surface area contributed by atoms with Gasteiger partial charge in [0.15, 0.2) is 0 Å². The molecule has 0 radical (unpaired) electrons. The van der Waals surface area contributed by atoms with E-state index >= 15 is 0 Å². The van der Waals surface area contributed by atoms with Crippen molar-refractivity contribution >= 4 is 0 Å². The van der Waals surface area contributed by atoms with Crippen LogP contribution in [-0.4, -0.2) is 25.8 Å². The van der Waals surface area contributed by atoms with Crippen LogP contribution in [0.4, 0.5) is 0 Å². The van der Waals surface area contributed by atoms with Gasteiger partial charge in [0.25, 0.3) is 0 Å². The Balaban J connectivity index is 1.60. The van der Waals surface area contributed by atoms with Crippen molar-refractivity contribution in [1.29, 1.82) is 0 Å². The molecule has 0 aromatic carbocycles. The minimum atomic E-state index is 0.869.